The number of aromatic hydroxyl groups is 1. The molecule has 0 spiro atoms. The van der Waals surface area contributed by atoms with Gasteiger partial charge in [0, 0.05) is 43.9 Å². The molecule has 0 amide bonds. The fourth-order valence-corrected chi connectivity index (χ4v) is 4.02. The summed E-state index contributed by atoms with van der Waals surface area (Å²) in [4.78, 5) is 17.5. The lowest BCUT2D eigenvalue weighted by Gasteiger charge is -2.32. The van der Waals surface area contributed by atoms with Crippen LogP contribution in [0, 0.1) is 5.82 Å². The number of ether oxygens (including phenoxy) is 2. The maximum Gasteiger partial charge on any atom is 0.205 e. The monoisotopic (exact) mass is 456 g/mol. The molecular formula is C25H29FN2O5. The zero-order valence-corrected chi connectivity index (χ0v) is 19.0. The Kier molecular flexibility index (Phi) is 7.15. The molecule has 176 valence electrons. The number of unbranched alkanes of at least 4 members (excludes halogenated alkanes) is 1. The first-order valence-corrected chi connectivity index (χ1v) is 11.1. The van der Waals surface area contributed by atoms with E-state index in [9.17, 15) is 14.3 Å². The number of phenols is 1. The van der Waals surface area contributed by atoms with Crippen LogP contribution in [0.2, 0.25) is 0 Å². The summed E-state index contributed by atoms with van der Waals surface area (Å²) in [6, 6.07) is 8.27. The van der Waals surface area contributed by atoms with Crippen LogP contribution in [0.4, 0.5) is 4.39 Å². The van der Waals surface area contributed by atoms with Crippen molar-refractivity contribution in [1.29, 1.82) is 0 Å². The molecule has 0 radical (unpaired) electrons. The highest BCUT2D eigenvalue weighted by Crippen LogP contribution is 2.41. The number of rotatable bonds is 8. The second-order valence-electron chi connectivity index (χ2n) is 8.31. The Bertz CT molecular complexity index is 1150. The Morgan fingerprint density at radius 1 is 1.09 bits per heavy atom. The summed E-state index contributed by atoms with van der Waals surface area (Å²) in [5, 5.41) is 10.5. The molecule has 0 bridgehead atoms. The number of fused-ring (bicyclic) bond motifs is 1. The van der Waals surface area contributed by atoms with Crippen LogP contribution in [0.5, 0.6) is 17.2 Å². The van der Waals surface area contributed by atoms with E-state index in [-0.39, 0.29) is 34.0 Å². The third-order valence-corrected chi connectivity index (χ3v) is 5.96. The van der Waals surface area contributed by atoms with E-state index in [1.54, 1.807) is 0 Å². The van der Waals surface area contributed by atoms with Crippen LogP contribution in [0.25, 0.3) is 22.3 Å². The maximum atomic E-state index is 13.3. The summed E-state index contributed by atoms with van der Waals surface area (Å²) in [6.07, 6.45) is 1.84. The number of phenolic OH excluding ortho intramolecular Hbond substituents is 1. The van der Waals surface area contributed by atoms with Gasteiger partial charge >= 0.3 is 0 Å². The van der Waals surface area contributed by atoms with Crippen molar-refractivity contribution in [2.75, 3.05) is 53.5 Å². The highest BCUT2D eigenvalue weighted by molar-refractivity contribution is 5.91. The Balaban J connectivity index is 1.51. The van der Waals surface area contributed by atoms with E-state index in [1.807, 2.05) is 0 Å². The molecule has 7 nitrogen and oxygen atoms in total. The zero-order chi connectivity index (χ0) is 23.4. The number of halogens is 1. The minimum absolute atomic E-state index is 0.0140. The minimum Gasteiger partial charge on any atom is -0.507 e. The van der Waals surface area contributed by atoms with E-state index in [0.717, 1.165) is 45.6 Å². The summed E-state index contributed by atoms with van der Waals surface area (Å²) >= 11 is 0. The fourth-order valence-electron chi connectivity index (χ4n) is 4.02. The third-order valence-electron chi connectivity index (χ3n) is 5.96. The average molecular weight is 457 g/mol. The molecule has 1 aromatic heterocycles. The predicted octanol–water partition coefficient (Wildman–Crippen LogP) is 3.72. The highest BCUT2D eigenvalue weighted by atomic mass is 19.1. The summed E-state index contributed by atoms with van der Waals surface area (Å²) in [5.74, 6) is 0.164. The summed E-state index contributed by atoms with van der Waals surface area (Å²) < 4.78 is 30.6. The molecule has 4 rings (SSSR count). The molecule has 1 saturated heterocycles. The number of hydrogen-bond donors (Lipinski definition) is 1. The van der Waals surface area contributed by atoms with E-state index in [0.29, 0.717) is 17.9 Å². The summed E-state index contributed by atoms with van der Waals surface area (Å²) in [7, 11) is 3.60. The molecule has 2 heterocycles. The predicted molar refractivity (Wildman–Crippen MR) is 125 cm³/mol. The lowest BCUT2D eigenvalue weighted by molar-refractivity contribution is 0.149. The first-order valence-electron chi connectivity index (χ1n) is 11.1. The molecule has 3 aromatic rings. The van der Waals surface area contributed by atoms with Crippen LogP contribution < -0.4 is 14.9 Å². The van der Waals surface area contributed by atoms with E-state index in [4.69, 9.17) is 13.9 Å². The molecule has 0 atom stereocenters. The zero-order valence-electron chi connectivity index (χ0n) is 19.0. The lowest BCUT2D eigenvalue weighted by Crippen LogP contribution is -2.44. The SMILES string of the molecule is COc1c(OCCCCN2CCN(C)CC2)cc(O)c2c(=O)cc(-c3ccc(F)cc3)oc12. The van der Waals surface area contributed by atoms with Gasteiger partial charge in [-0.05, 0) is 50.7 Å². The van der Waals surface area contributed by atoms with Crippen molar-refractivity contribution in [3.63, 3.8) is 0 Å². The quantitative estimate of drug-likeness (QED) is 0.518. The molecule has 0 saturated carbocycles. The molecule has 1 aliphatic heterocycles. The van der Waals surface area contributed by atoms with Gasteiger partial charge in [-0.2, -0.15) is 0 Å². The molecule has 33 heavy (non-hydrogen) atoms. The first-order chi connectivity index (χ1) is 16.0. The van der Waals surface area contributed by atoms with Crippen molar-refractivity contribution in [1.82, 2.24) is 9.80 Å². The maximum absolute atomic E-state index is 13.3. The van der Waals surface area contributed by atoms with Crippen LogP contribution in [0.3, 0.4) is 0 Å². The van der Waals surface area contributed by atoms with Crippen molar-refractivity contribution in [3.8, 4) is 28.6 Å². The van der Waals surface area contributed by atoms with Crippen molar-refractivity contribution in [2.45, 2.75) is 12.8 Å². The first kappa shape index (κ1) is 23.1. The van der Waals surface area contributed by atoms with Crippen molar-refractivity contribution >= 4 is 11.0 Å². The summed E-state index contributed by atoms with van der Waals surface area (Å²) in [6.45, 7) is 5.81. The molecule has 0 unspecified atom stereocenters. The number of hydrogen-bond acceptors (Lipinski definition) is 7. The molecular weight excluding hydrogens is 427 g/mol. The second-order valence-corrected chi connectivity index (χ2v) is 8.31. The highest BCUT2D eigenvalue weighted by Gasteiger charge is 2.20. The van der Waals surface area contributed by atoms with Crippen LogP contribution in [-0.4, -0.2) is 68.4 Å². The van der Waals surface area contributed by atoms with Gasteiger partial charge in [-0.1, -0.05) is 0 Å². The Morgan fingerprint density at radius 2 is 1.82 bits per heavy atom. The van der Waals surface area contributed by atoms with E-state index >= 15 is 0 Å². The lowest BCUT2D eigenvalue weighted by atomic mass is 10.1. The van der Waals surface area contributed by atoms with Gasteiger partial charge in [-0.3, -0.25) is 4.79 Å². The number of benzene rings is 2. The molecule has 0 aliphatic carbocycles. The van der Waals surface area contributed by atoms with Gasteiger partial charge in [0.15, 0.2) is 16.8 Å². The molecule has 2 aromatic carbocycles. The number of methoxy groups -OCH3 is 1. The van der Waals surface area contributed by atoms with Gasteiger partial charge in [-0.15, -0.1) is 0 Å². The normalized spacial score (nSPS) is 15.1. The second kappa shape index (κ2) is 10.2. The number of nitrogens with zero attached hydrogens (tertiary/aromatic N) is 2. The van der Waals surface area contributed by atoms with Gasteiger partial charge in [-0.25, -0.2) is 4.39 Å². The molecule has 1 N–H and O–H groups in total. The topological polar surface area (TPSA) is 75.4 Å². The van der Waals surface area contributed by atoms with Crippen LogP contribution in [0.15, 0.2) is 45.6 Å². The van der Waals surface area contributed by atoms with Crippen LogP contribution in [0.1, 0.15) is 12.8 Å². The number of likely N-dealkylation sites (N-methyl/N-ethyl adjacent to an activating group) is 1. The van der Waals surface area contributed by atoms with Crippen molar-refractivity contribution < 1.29 is 23.4 Å². The van der Waals surface area contributed by atoms with Crippen LogP contribution in [-0.2, 0) is 0 Å². The standard InChI is InChI=1S/C25H29FN2O5/c1-27-10-12-28(13-11-27)9-3-4-14-32-22-16-20(30)23-19(29)15-21(33-25(23)24(22)31-2)17-5-7-18(26)8-6-17/h5-8,15-16,30H,3-4,9-14H2,1-2H3. The molecule has 1 aliphatic rings. The number of piperazine rings is 1. The fraction of sp³-hybridized carbons (Fsp3) is 0.400. The molecule has 8 heteroatoms. The Morgan fingerprint density at radius 3 is 2.52 bits per heavy atom. The third kappa shape index (κ3) is 5.29. The summed E-state index contributed by atoms with van der Waals surface area (Å²) in [5.41, 5.74) is 0.203. The average Bonchev–Trinajstić information content (AvgIpc) is 2.80. The van der Waals surface area contributed by atoms with Crippen molar-refractivity contribution in [2.24, 2.45) is 0 Å². The van der Waals surface area contributed by atoms with Gasteiger partial charge in [0.1, 0.15) is 22.7 Å². The smallest absolute Gasteiger partial charge is 0.205 e. The van der Waals surface area contributed by atoms with E-state index in [1.165, 1.54) is 43.5 Å². The molecule has 1 fully saturated rings. The van der Waals surface area contributed by atoms with Gasteiger partial charge < -0.3 is 28.8 Å². The Hall–Kier alpha value is -3.10. The van der Waals surface area contributed by atoms with E-state index < -0.39 is 5.43 Å². The van der Waals surface area contributed by atoms with Crippen molar-refractivity contribution in [3.05, 3.63) is 52.4 Å². The van der Waals surface area contributed by atoms with Gasteiger partial charge in [0.2, 0.25) is 5.75 Å². The largest absolute Gasteiger partial charge is 0.507 e. The van der Waals surface area contributed by atoms with Gasteiger partial charge in [0.25, 0.3) is 0 Å². The Labute approximate surface area is 191 Å². The van der Waals surface area contributed by atoms with E-state index in [2.05, 4.69) is 16.8 Å². The minimum atomic E-state index is -0.426. The van der Waals surface area contributed by atoms with Gasteiger partial charge in [0.05, 0.1) is 13.7 Å². The van der Waals surface area contributed by atoms with Crippen LogP contribution >= 0.6 is 0 Å².